The van der Waals surface area contributed by atoms with Gasteiger partial charge in [0.15, 0.2) is 0 Å². The summed E-state index contributed by atoms with van der Waals surface area (Å²) < 4.78 is 0. The van der Waals surface area contributed by atoms with E-state index < -0.39 is 6.10 Å². The standard InChI is InChI=1S/C17H26N2O2/c1-13(11-15(20)19(2)3)18-12-17(9-10-17)16(21)14-7-5-4-6-8-14/h4-8,13,16,18,21H,9-12H2,1-3H3. The Morgan fingerprint density at radius 3 is 2.48 bits per heavy atom. The number of aliphatic hydroxyl groups is 1. The first kappa shape index (κ1) is 16.0. The summed E-state index contributed by atoms with van der Waals surface area (Å²) in [4.78, 5) is 13.3. The molecule has 1 amide bonds. The van der Waals surface area contributed by atoms with E-state index in [0.29, 0.717) is 6.42 Å². The number of nitrogens with zero attached hydrogens (tertiary/aromatic N) is 1. The molecule has 2 rings (SSSR count). The molecule has 4 nitrogen and oxygen atoms in total. The van der Waals surface area contributed by atoms with Crippen LogP contribution in [0.3, 0.4) is 0 Å². The molecule has 116 valence electrons. The third kappa shape index (κ3) is 4.05. The minimum Gasteiger partial charge on any atom is -0.388 e. The highest BCUT2D eigenvalue weighted by Gasteiger charge is 2.49. The number of aliphatic hydroxyl groups excluding tert-OH is 1. The van der Waals surface area contributed by atoms with Gasteiger partial charge in [-0.25, -0.2) is 0 Å². The van der Waals surface area contributed by atoms with E-state index in [-0.39, 0.29) is 17.4 Å². The maximum atomic E-state index is 11.7. The van der Waals surface area contributed by atoms with Crippen molar-refractivity contribution < 1.29 is 9.90 Å². The third-order valence-corrected chi connectivity index (χ3v) is 4.37. The zero-order valence-corrected chi connectivity index (χ0v) is 13.2. The maximum absolute atomic E-state index is 11.7. The van der Waals surface area contributed by atoms with E-state index in [0.717, 1.165) is 24.9 Å². The van der Waals surface area contributed by atoms with E-state index in [4.69, 9.17) is 0 Å². The smallest absolute Gasteiger partial charge is 0.223 e. The lowest BCUT2D eigenvalue weighted by molar-refractivity contribution is -0.129. The first-order valence-electron chi connectivity index (χ1n) is 7.61. The lowest BCUT2D eigenvalue weighted by Gasteiger charge is -2.25. The highest BCUT2D eigenvalue weighted by molar-refractivity contribution is 5.76. The van der Waals surface area contributed by atoms with Gasteiger partial charge in [0.05, 0.1) is 6.10 Å². The van der Waals surface area contributed by atoms with E-state index in [2.05, 4.69) is 5.32 Å². The van der Waals surface area contributed by atoms with Crippen LogP contribution in [0, 0.1) is 5.41 Å². The molecule has 0 aliphatic heterocycles. The van der Waals surface area contributed by atoms with E-state index in [1.807, 2.05) is 37.3 Å². The lowest BCUT2D eigenvalue weighted by Crippen LogP contribution is -2.38. The SMILES string of the molecule is CC(CC(=O)N(C)C)NCC1(C(O)c2ccccc2)CC1. The van der Waals surface area contributed by atoms with Gasteiger partial charge in [0.25, 0.3) is 0 Å². The fraction of sp³-hybridized carbons (Fsp3) is 0.588. The summed E-state index contributed by atoms with van der Waals surface area (Å²) in [5.74, 6) is 0.128. The second kappa shape index (κ2) is 6.58. The van der Waals surface area contributed by atoms with Crippen molar-refractivity contribution in [2.24, 2.45) is 5.41 Å². The van der Waals surface area contributed by atoms with Crippen LogP contribution in [0.15, 0.2) is 30.3 Å². The first-order chi connectivity index (χ1) is 9.94. The molecule has 0 radical (unpaired) electrons. The minimum absolute atomic E-state index is 0.0588. The zero-order chi connectivity index (χ0) is 15.5. The molecular weight excluding hydrogens is 264 g/mol. The Hall–Kier alpha value is -1.39. The van der Waals surface area contributed by atoms with E-state index in [1.165, 1.54) is 0 Å². The van der Waals surface area contributed by atoms with Gasteiger partial charge in [-0.2, -0.15) is 0 Å². The second-order valence-electron chi connectivity index (χ2n) is 6.45. The molecule has 2 N–H and O–H groups in total. The van der Waals surface area contributed by atoms with Crippen LogP contribution in [-0.2, 0) is 4.79 Å². The van der Waals surface area contributed by atoms with E-state index in [1.54, 1.807) is 19.0 Å². The Kier molecular flexibility index (Phi) is 5.01. The largest absolute Gasteiger partial charge is 0.388 e. The molecule has 0 saturated heterocycles. The van der Waals surface area contributed by atoms with Crippen LogP contribution in [0.1, 0.15) is 37.9 Å². The Morgan fingerprint density at radius 2 is 1.95 bits per heavy atom. The molecule has 1 aliphatic carbocycles. The molecule has 2 unspecified atom stereocenters. The maximum Gasteiger partial charge on any atom is 0.223 e. The molecule has 1 saturated carbocycles. The second-order valence-corrected chi connectivity index (χ2v) is 6.45. The number of carbonyl (C=O) groups excluding carboxylic acids is 1. The van der Waals surface area contributed by atoms with Gasteiger partial charge in [0, 0.05) is 38.5 Å². The topological polar surface area (TPSA) is 52.6 Å². The summed E-state index contributed by atoms with van der Waals surface area (Å²) in [5.41, 5.74) is 0.922. The number of nitrogens with one attached hydrogen (secondary N) is 1. The van der Waals surface area contributed by atoms with Crippen molar-refractivity contribution in [1.29, 1.82) is 0 Å². The highest BCUT2D eigenvalue weighted by atomic mass is 16.3. The molecule has 1 aromatic rings. The highest BCUT2D eigenvalue weighted by Crippen LogP contribution is 2.54. The average molecular weight is 290 g/mol. The van der Waals surface area contributed by atoms with Crippen molar-refractivity contribution in [3.8, 4) is 0 Å². The minimum atomic E-state index is -0.428. The van der Waals surface area contributed by atoms with E-state index >= 15 is 0 Å². The van der Waals surface area contributed by atoms with Crippen molar-refractivity contribution in [3.05, 3.63) is 35.9 Å². The van der Waals surface area contributed by atoms with Crippen molar-refractivity contribution >= 4 is 5.91 Å². The van der Waals surface area contributed by atoms with Gasteiger partial charge in [-0.15, -0.1) is 0 Å². The monoisotopic (exact) mass is 290 g/mol. The van der Waals surface area contributed by atoms with E-state index in [9.17, 15) is 9.90 Å². The van der Waals surface area contributed by atoms with Gasteiger partial charge >= 0.3 is 0 Å². The molecule has 4 heteroatoms. The van der Waals surface area contributed by atoms with Crippen LogP contribution in [0.5, 0.6) is 0 Å². The number of carbonyl (C=O) groups is 1. The summed E-state index contributed by atoms with van der Waals surface area (Å²) in [6, 6.07) is 9.96. The Labute approximate surface area is 127 Å². The van der Waals surface area contributed by atoms with Gasteiger partial charge in [0.1, 0.15) is 0 Å². The average Bonchev–Trinajstić information content (AvgIpc) is 3.26. The molecule has 21 heavy (non-hydrogen) atoms. The molecule has 1 aromatic carbocycles. The van der Waals surface area contributed by atoms with Gasteiger partial charge in [-0.05, 0) is 25.3 Å². The quantitative estimate of drug-likeness (QED) is 0.807. The Bertz CT molecular complexity index is 469. The predicted octanol–water partition coefficient (Wildman–Crippen LogP) is 1.96. The zero-order valence-electron chi connectivity index (χ0n) is 13.2. The van der Waals surface area contributed by atoms with Crippen LogP contribution in [0.2, 0.25) is 0 Å². The summed E-state index contributed by atoms with van der Waals surface area (Å²) >= 11 is 0. The number of rotatable bonds is 7. The molecule has 1 aliphatic rings. The molecule has 0 aromatic heterocycles. The summed E-state index contributed by atoms with van der Waals surface area (Å²) in [7, 11) is 3.55. The lowest BCUT2D eigenvalue weighted by atomic mass is 9.92. The van der Waals surface area contributed by atoms with Gasteiger partial charge in [0.2, 0.25) is 5.91 Å². The van der Waals surface area contributed by atoms with Crippen LogP contribution >= 0.6 is 0 Å². The molecule has 1 fully saturated rings. The van der Waals surface area contributed by atoms with Gasteiger partial charge < -0.3 is 15.3 Å². The Balaban J connectivity index is 1.86. The van der Waals surface area contributed by atoms with Crippen molar-refractivity contribution in [1.82, 2.24) is 10.2 Å². The predicted molar refractivity (Wildman–Crippen MR) is 83.8 cm³/mol. The molecule has 0 spiro atoms. The van der Waals surface area contributed by atoms with Crippen LogP contribution in [0.25, 0.3) is 0 Å². The van der Waals surface area contributed by atoms with Crippen molar-refractivity contribution in [2.75, 3.05) is 20.6 Å². The summed E-state index contributed by atoms with van der Waals surface area (Å²) in [6.07, 6.45) is 2.13. The number of hydrogen-bond donors (Lipinski definition) is 2. The molecule has 2 atom stereocenters. The molecule has 0 heterocycles. The number of amides is 1. The van der Waals surface area contributed by atoms with Crippen molar-refractivity contribution in [3.63, 3.8) is 0 Å². The normalized spacial score (nSPS) is 18.9. The Morgan fingerprint density at radius 1 is 1.33 bits per heavy atom. The number of hydrogen-bond acceptors (Lipinski definition) is 3. The molecule has 0 bridgehead atoms. The molecular formula is C17H26N2O2. The fourth-order valence-corrected chi connectivity index (χ4v) is 2.59. The van der Waals surface area contributed by atoms with Crippen LogP contribution in [0.4, 0.5) is 0 Å². The summed E-state index contributed by atoms with van der Waals surface area (Å²) in [6.45, 7) is 2.78. The van der Waals surface area contributed by atoms with Crippen LogP contribution in [-0.4, -0.2) is 42.6 Å². The van der Waals surface area contributed by atoms with Crippen molar-refractivity contribution in [2.45, 2.75) is 38.3 Å². The van der Waals surface area contributed by atoms with Crippen LogP contribution < -0.4 is 5.32 Å². The fourth-order valence-electron chi connectivity index (χ4n) is 2.59. The third-order valence-electron chi connectivity index (χ3n) is 4.37. The number of benzene rings is 1. The first-order valence-corrected chi connectivity index (χ1v) is 7.61. The van der Waals surface area contributed by atoms with Gasteiger partial charge in [-0.3, -0.25) is 4.79 Å². The summed E-state index contributed by atoms with van der Waals surface area (Å²) in [5, 5.41) is 14.0. The van der Waals surface area contributed by atoms with Gasteiger partial charge in [-0.1, -0.05) is 30.3 Å².